The van der Waals surface area contributed by atoms with Crippen LogP contribution in [-0.4, -0.2) is 44.3 Å². The normalized spacial score (nSPS) is 12.0. The molecule has 0 saturated carbocycles. The molecular formula is C29H34ClN3O4S. The standard InChI is InChI=1S/C29H34ClN3O4S/c1-4-19-31-29(35)27(5-2)32(20-23-11-9-10-14-26(23)30)28(34)21-33(24-17-15-22(3)16-18-24)38(36,37)25-12-7-6-8-13-25/h6-18,27H,4-5,19-21H2,1-3H3,(H,31,35)/t27-/m1/s1. The van der Waals surface area contributed by atoms with E-state index in [4.69, 9.17) is 11.6 Å². The van der Waals surface area contributed by atoms with E-state index in [1.165, 1.54) is 17.0 Å². The van der Waals surface area contributed by atoms with E-state index in [1.54, 1.807) is 66.7 Å². The van der Waals surface area contributed by atoms with E-state index in [2.05, 4.69) is 5.32 Å². The molecule has 0 bridgehead atoms. The van der Waals surface area contributed by atoms with Crippen LogP contribution in [-0.2, 0) is 26.2 Å². The van der Waals surface area contributed by atoms with Gasteiger partial charge in [0.25, 0.3) is 10.0 Å². The Balaban J connectivity index is 2.04. The molecule has 3 aromatic rings. The van der Waals surface area contributed by atoms with Crippen LogP contribution < -0.4 is 9.62 Å². The molecule has 3 aromatic carbocycles. The Morgan fingerprint density at radius 2 is 1.55 bits per heavy atom. The summed E-state index contributed by atoms with van der Waals surface area (Å²) in [6, 6.07) is 21.2. The van der Waals surface area contributed by atoms with Gasteiger partial charge in [-0.1, -0.05) is 79.5 Å². The third-order valence-corrected chi connectivity index (χ3v) is 8.32. The molecule has 0 aliphatic rings. The van der Waals surface area contributed by atoms with Gasteiger partial charge in [0.2, 0.25) is 11.8 Å². The molecule has 1 atom stereocenters. The first-order chi connectivity index (χ1) is 18.2. The summed E-state index contributed by atoms with van der Waals surface area (Å²) in [6.07, 6.45) is 1.10. The van der Waals surface area contributed by atoms with Gasteiger partial charge >= 0.3 is 0 Å². The Morgan fingerprint density at radius 3 is 2.16 bits per heavy atom. The first kappa shape index (κ1) is 29.2. The lowest BCUT2D eigenvalue weighted by Gasteiger charge is -2.33. The van der Waals surface area contributed by atoms with Gasteiger partial charge in [-0.2, -0.15) is 0 Å². The van der Waals surface area contributed by atoms with E-state index in [-0.39, 0.29) is 17.3 Å². The lowest BCUT2D eigenvalue weighted by molar-refractivity contribution is -0.140. The number of rotatable bonds is 12. The number of carbonyl (C=O) groups excluding carboxylic acids is 2. The van der Waals surface area contributed by atoms with Crippen molar-refractivity contribution in [2.24, 2.45) is 0 Å². The molecule has 2 amide bonds. The molecule has 0 radical (unpaired) electrons. The molecule has 0 fully saturated rings. The van der Waals surface area contributed by atoms with Gasteiger partial charge in [-0.3, -0.25) is 13.9 Å². The highest BCUT2D eigenvalue weighted by Gasteiger charge is 2.33. The minimum absolute atomic E-state index is 0.0592. The van der Waals surface area contributed by atoms with Crippen molar-refractivity contribution in [3.05, 3.63) is 95.0 Å². The van der Waals surface area contributed by atoms with Crippen molar-refractivity contribution < 1.29 is 18.0 Å². The van der Waals surface area contributed by atoms with E-state index >= 15 is 0 Å². The summed E-state index contributed by atoms with van der Waals surface area (Å²) in [4.78, 5) is 28.6. The van der Waals surface area contributed by atoms with Crippen LogP contribution in [0.25, 0.3) is 0 Å². The third kappa shape index (κ3) is 7.14. The number of hydrogen-bond donors (Lipinski definition) is 1. The maximum Gasteiger partial charge on any atom is 0.264 e. The zero-order chi connectivity index (χ0) is 27.7. The van der Waals surface area contributed by atoms with Gasteiger partial charge in [0.05, 0.1) is 10.6 Å². The summed E-state index contributed by atoms with van der Waals surface area (Å²) in [5, 5.41) is 3.33. The summed E-state index contributed by atoms with van der Waals surface area (Å²) in [5.74, 6) is -0.800. The van der Waals surface area contributed by atoms with Crippen LogP contribution in [0.3, 0.4) is 0 Å². The van der Waals surface area contributed by atoms with Crippen molar-refractivity contribution in [3.8, 4) is 0 Å². The molecular weight excluding hydrogens is 522 g/mol. The Kier molecular flexibility index (Phi) is 10.3. The summed E-state index contributed by atoms with van der Waals surface area (Å²) >= 11 is 6.41. The zero-order valence-corrected chi connectivity index (χ0v) is 23.5. The largest absolute Gasteiger partial charge is 0.354 e. The lowest BCUT2D eigenvalue weighted by atomic mass is 10.1. The molecule has 0 heterocycles. The number of hydrogen-bond acceptors (Lipinski definition) is 4. The van der Waals surface area contributed by atoms with Crippen LogP contribution >= 0.6 is 11.6 Å². The monoisotopic (exact) mass is 555 g/mol. The Labute approximate surface area is 230 Å². The molecule has 0 unspecified atom stereocenters. The zero-order valence-electron chi connectivity index (χ0n) is 21.9. The SMILES string of the molecule is CCCNC(=O)[C@@H](CC)N(Cc1ccccc1Cl)C(=O)CN(c1ccc(C)cc1)S(=O)(=O)c1ccccc1. The molecule has 0 aliphatic heterocycles. The quantitative estimate of drug-likeness (QED) is 0.334. The molecule has 0 saturated heterocycles. The Morgan fingerprint density at radius 1 is 0.921 bits per heavy atom. The fourth-order valence-corrected chi connectivity index (χ4v) is 5.69. The summed E-state index contributed by atoms with van der Waals surface area (Å²) in [7, 11) is -4.08. The van der Waals surface area contributed by atoms with Crippen LogP contribution in [0.1, 0.15) is 37.8 Å². The smallest absolute Gasteiger partial charge is 0.264 e. The first-order valence-corrected chi connectivity index (χ1v) is 14.5. The van der Waals surface area contributed by atoms with Gasteiger partial charge in [0, 0.05) is 18.1 Å². The van der Waals surface area contributed by atoms with E-state index in [1.807, 2.05) is 20.8 Å². The Bertz CT molecular complexity index is 1330. The van der Waals surface area contributed by atoms with Gasteiger partial charge in [-0.25, -0.2) is 8.42 Å². The highest BCUT2D eigenvalue weighted by molar-refractivity contribution is 7.92. The van der Waals surface area contributed by atoms with Crippen LogP contribution in [0.5, 0.6) is 0 Å². The molecule has 3 rings (SSSR count). The Hall–Kier alpha value is -3.36. The lowest BCUT2D eigenvalue weighted by Crippen LogP contribution is -2.52. The molecule has 0 aliphatic carbocycles. The number of aryl methyl sites for hydroxylation is 1. The topological polar surface area (TPSA) is 86.8 Å². The molecule has 7 nitrogen and oxygen atoms in total. The number of nitrogens with zero attached hydrogens (tertiary/aromatic N) is 2. The van der Waals surface area contributed by atoms with Crippen molar-refractivity contribution >= 4 is 39.1 Å². The highest BCUT2D eigenvalue weighted by atomic mass is 35.5. The van der Waals surface area contributed by atoms with E-state index < -0.39 is 28.5 Å². The van der Waals surface area contributed by atoms with Crippen molar-refractivity contribution in [1.29, 1.82) is 0 Å². The first-order valence-electron chi connectivity index (χ1n) is 12.6. The summed E-state index contributed by atoms with van der Waals surface area (Å²) < 4.78 is 28.6. The summed E-state index contributed by atoms with van der Waals surface area (Å²) in [5.41, 5.74) is 1.97. The third-order valence-electron chi connectivity index (χ3n) is 6.17. The van der Waals surface area contributed by atoms with Crippen molar-refractivity contribution in [3.63, 3.8) is 0 Å². The van der Waals surface area contributed by atoms with Crippen molar-refractivity contribution in [2.45, 2.75) is 51.1 Å². The van der Waals surface area contributed by atoms with Gasteiger partial charge in [0.1, 0.15) is 12.6 Å². The fraction of sp³-hybridized carbons (Fsp3) is 0.310. The minimum Gasteiger partial charge on any atom is -0.354 e. The molecule has 202 valence electrons. The average molecular weight is 556 g/mol. The van der Waals surface area contributed by atoms with Crippen LogP contribution in [0.4, 0.5) is 5.69 Å². The second kappa shape index (κ2) is 13.4. The number of anilines is 1. The van der Waals surface area contributed by atoms with Gasteiger partial charge in [-0.15, -0.1) is 0 Å². The summed E-state index contributed by atoms with van der Waals surface area (Å²) in [6.45, 7) is 5.72. The second-order valence-corrected chi connectivity index (χ2v) is 11.3. The maximum atomic E-state index is 14.0. The second-order valence-electron chi connectivity index (χ2n) is 8.99. The molecule has 0 aromatic heterocycles. The highest BCUT2D eigenvalue weighted by Crippen LogP contribution is 2.26. The van der Waals surface area contributed by atoms with Crippen molar-refractivity contribution in [2.75, 3.05) is 17.4 Å². The fourth-order valence-electron chi connectivity index (χ4n) is 4.06. The van der Waals surface area contributed by atoms with Gasteiger partial charge in [0.15, 0.2) is 0 Å². The maximum absolute atomic E-state index is 14.0. The number of benzene rings is 3. The van der Waals surface area contributed by atoms with Crippen LogP contribution in [0, 0.1) is 6.92 Å². The van der Waals surface area contributed by atoms with Crippen LogP contribution in [0.15, 0.2) is 83.8 Å². The average Bonchev–Trinajstić information content (AvgIpc) is 2.92. The molecule has 9 heteroatoms. The number of halogens is 1. The van der Waals surface area contributed by atoms with Gasteiger partial charge in [-0.05, 0) is 55.7 Å². The van der Waals surface area contributed by atoms with E-state index in [9.17, 15) is 18.0 Å². The van der Waals surface area contributed by atoms with Crippen molar-refractivity contribution in [1.82, 2.24) is 10.2 Å². The van der Waals surface area contributed by atoms with E-state index in [0.717, 1.165) is 16.3 Å². The van der Waals surface area contributed by atoms with Gasteiger partial charge < -0.3 is 10.2 Å². The molecule has 0 spiro atoms. The number of carbonyl (C=O) groups is 2. The van der Waals surface area contributed by atoms with E-state index in [0.29, 0.717) is 29.2 Å². The molecule has 38 heavy (non-hydrogen) atoms. The predicted molar refractivity (Wildman–Crippen MR) is 152 cm³/mol. The molecule has 1 N–H and O–H groups in total. The van der Waals surface area contributed by atoms with Crippen LogP contribution in [0.2, 0.25) is 5.02 Å². The minimum atomic E-state index is -4.08. The number of sulfonamides is 1. The predicted octanol–water partition coefficient (Wildman–Crippen LogP) is 5.18. The number of nitrogens with one attached hydrogen (secondary N) is 1. The number of amides is 2.